The summed E-state index contributed by atoms with van der Waals surface area (Å²) in [6, 6.07) is 1.20. The van der Waals surface area contributed by atoms with Crippen molar-refractivity contribution in [2.75, 3.05) is 29.5 Å². The van der Waals surface area contributed by atoms with Gasteiger partial charge in [-0.05, 0) is 25.3 Å². The Kier molecular flexibility index (Phi) is 4.65. The number of sulfone groups is 1. The van der Waals surface area contributed by atoms with E-state index in [-0.39, 0.29) is 29.6 Å². The van der Waals surface area contributed by atoms with E-state index in [9.17, 15) is 13.2 Å². The predicted octanol–water partition coefficient (Wildman–Crippen LogP) is -0.0683. The van der Waals surface area contributed by atoms with Crippen molar-refractivity contribution >= 4 is 21.8 Å². The topological polar surface area (TPSA) is 104 Å². The largest absolute Gasteiger partial charge is 0.339 e. The highest BCUT2D eigenvalue weighted by Crippen LogP contribution is 2.15. The van der Waals surface area contributed by atoms with Crippen molar-refractivity contribution in [1.29, 1.82) is 0 Å². The van der Waals surface area contributed by atoms with Crippen LogP contribution in [0.3, 0.4) is 0 Å². The molecule has 2 amide bonds. The van der Waals surface area contributed by atoms with Crippen molar-refractivity contribution in [2.45, 2.75) is 31.3 Å². The van der Waals surface area contributed by atoms with Crippen LogP contribution < -0.4 is 15.5 Å². The van der Waals surface area contributed by atoms with Gasteiger partial charge in [0, 0.05) is 37.6 Å². The van der Waals surface area contributed by atoms with Gasteiger partial charge in [0.2, 0.25) is 5.95 Å². The van der Waals surface area contributed by atoms with E-state index in [1.54, 1.807) is 18.5 Å². The van der Waals surface area contributed by atoms with Crippen LogP contribution in [0.1, 0.15) is 19.3 Å². The van der Waals surface area contributed by atoms with Crippen LogP contribution in [0.5, 0.6) is 0 Å². The van der Waals surface area contributed by atoms with Crippen molar-refractivity contribution < 1.29 is 13.2 Å². The first-order chi connectivity index (χ1) is 11.0. The zero-order chi connectivity index (χ0) is 16.3. The highest BCUT2D eigenvalue weighted by molar-refractivity contribution is 7.91. The predicted molar refractivity (Wildman–Crippen MR) is 86.0 cm³/mol. The molecule has 0 bridgehead atoms. The maximum absolute atomic E-state index is 12.1. The third-order valence-electron chi connectivity index (χ3n) is 4.16. The second kappa shape index (κ2) is 6.69. The maximum Gasteiger partial charge on any atom is 0.315 e. The summed E-state index contributed by atoms with van der Waals surface area (Å²) in [5.74, 6) is 0.858. The lowest BCUT2D eigenvalue weighted by molar-refractivity contribution is 0.232. The smallest absolute Gasteiger partial charge is 0.315 e. The lowest BCUT2D eigenvalue weighted by Crippen LogP contribution is -2.52. The van der Waals surface area contributed by atoms with Gasteiger partial charge in [0.05, 0.1) is 11.5 Å². The molecule has 2 aliphatic rings. The van der Waals surface area contributed by atoms with Gasteiger partial charge in [-0.3, -0.25) is 0 Å². The van der Waals surface area contributed by atoms with Gasteiger partial charge in [-0.2, -0.15) is 0 Å². The highest BCUT2D eigenvalue weighted by Gasteiger charge is 2.30. The van der Waals surface area contributed by atoms with E-state index < -0.39 is 9.84 Å². The number of nitrogens with zero attached hydrogens (tertiary/aromatic N) is 3. The number of hydrogen-bond donors (Lipinski definition) is 2. The lowest BCUT2D eigenvalue weighted by Gasteiger charge is -2.33. The zero-order valence-electron chi connectivity index (χ0n) is 12.8. The lowest BCUT2D eigenvalue weighted by atomic mass is 10.1. The van der Waals surface area contributed by atoms with Crippen LogP contribution in [0.15, 0.2) is 18.5 Å². The molecule has 23 heavy (non-hydrogen) atoms. The molecule has 0 aromatic carbocycles. The van der Waals surface area contributed by atoms with Gasteiger partial charge in [-0.15, -0.1) is 0 Å². The van der Waals surface area contributed by atoms with Crippen LogP contribution in [0.4, 0.5) is 10.7 Å². The molecule has 126 valence electrons. The van der Waals surface area contributed by atoms with Gasteiger partial charge in [-0.25, -0.2) is 23.2 Å². The molecule has 9 heteroatoms. The molecule has 2 aliphatic heterocycles. The van der Waals surface area contributed by atoms with E-state index in [0.29, 0.717) is 18.9 Å². The number of nitrogens with one attached hydrogen (secondary N) is 2. The van der Waals surface area contributed by atoms with E-state index in [0.717, 1.165) is 19.4 Å². The molecule has 1 aromatic heterocycles. The van der Waals surface area contributed by atoms with Crippen molar-refractivity contribution in [2.24, 2.45) is 0 Å². The second-order valence-corrected chi connectivity index (χ2v) is 8.28. The van der Waals surface area contributed by atoms with E-state index in [1.807, 2.05) is 0 Å². The van der Waals surface area contributed by atoms with Gasteiger partial charge in [0.1, 0.15) is 0 Å². The number of carbonyl (C=O) groups is 1. The first kappa shape index (κ1) is 16.0. The van der Waals surface area contributed by atoms with Crippen molar-refractivity contribution in [3.8, 4) is 0 Å². The van der Waals surface area contributed by atoms with Crippen LogP contribution >= 0.6 is 0 Å². The molecule has 2 atom stereocenters. The number of urea groups is 1. The highest BCUT2D eigenvalue weighted by atomic mass is 32.2. The normalized spacial score (nSPS) is 26.7. The molecule has 1 aromatic rings. The summed E-state index contributed by atoms with van der Waals surface area (Å²) in [4.78, 5) is 22.6. The average Bonchev–Trinajstić information content (AvgIpc) is 2.87. The molecule has 0 aliphatic carbocycles. The summed E-state index contributed by atoms with van der Waals surface area (Å²) in [6.07, 6.45) is 5.73. The van der Waals surface area contributed by atoms with Crippen molar-refractivity contribution in [1.82, 2.24) is 20.6 Å². The van der Waals surface area contributed by atoms with Crippen LogP contribution in [-0.4, -0.2) is 61.1 Å². The van der Waals surface area contributed by atoms with Crippen LogP contribution in [0.2, 0.25) is 0 Å². The Morgan fingerprint density at radius 1 is 1.17 bits per heavy atom. The van der Waals surface area contributed by atoms with E-state index >= 15 is 0 Å². The van der Waals surface area contributed by atoms with Gasteiger partial charge in [0.25, 0.3) is 0 Å². The molecule has 3 rings (SSSR count). The summed E-state index contributed by atoms with van der Waals surface area (Å²) in [5, 5.41) is 5.69. The SMILES string of the molecule is O=C(N[C@@H]1CCS(=O)(=O)C1)N[C@H]1CCCN(c2ncccn2)C1. The standard InChI is InChI=1S/C14H21N5O3S/c20-14(18-12-4-8-23(21,22)10-12)17-11-3-1-7-19(9-11)13-15-5-2-6-16-13/h2,5-6,11-12H,1,3-4,7-10H2,(H2,17,18,20)/t11-,12+/m0/s1. The summed E-state index contributed by atoms with van der Waals surface area (Å²) in [6.45, 7) is 1.52. The van der Waals surface area contributed by atoms with Gasteiger partial charge >= 0.3 is 6.03 Å². The fourth-order valence-corrected chi connectivity index (χ4v) is 4.73. The third-order valence-corrected chi connectivity index (χ3v) is 5.93. The molecule has 0 radical (unpaired) electrons. The summed E-state index contributed by atoms with van der Waals surface area (Å²) in [7, 11) is -2.99. The van der Waals surface area contributed by atoms with Gasteiger partial charge < -0.3 is 15.5 Å². The molecule has 2 fully saturated rings. The minimum atomic E-state index is -2.99. The van der Waals surface area contributed by atoms with Crippen LogP contribution in [0, 0.1) is 0 Å². The van der Waals surface area contributed by atoms with Crippen molar-refractivity contribution in [3.63, 3.8) is 0 Å². The molecule has 8 nitrogen and oxygen atoms in total. The molecule has 2 saturated heterocycles. The molecular weight excluding hydrogens is 318 g/mol. The van der Waals surface area contributed by atoms with E-state index in [2.05, 4.69) is 25.5 Å². The van der Waals surface area contributed by atoms with Gasteiger partial charge in [-0.1, -0.05) is 0 Å². The minimum Gasteiger partial charge on any atom is -0.339 e. The molecule has 3 heterocycles. The number of carbonyl (C=O) groups excluding carboxylic acids is 1. The molecule has 0 unspecified atom stereocenters. The van der Waals surface area contributed by atoms with E-state index in [4.69, 9.17) is 0 Å². The Morgan fingerprint density at radius 2 is 1.91 bits per heavy atom. The fourth-order valence-electron chi connectivity index (χ4n) is 3.05. The Labute approximate surface area is 135 Å². The number of anilines is 1. The van der Waals surface area contributed by atoms with Gasteiger partial charge in [0.15, 0.2) is 9.84 Å². The average molecular weight is 339 g/mol. The summed E-state index contributed by atoms with van der Waals surface area (Å²) >= 11 is 0. The molecule has 0 saturated carbocycles. The molecular formula is C14H21N5O3S. The number of piperidine rings is 1. The first-order valence-corrected chi connectivity index (χ1v) is 9.63. The summed E-state index contributed by atoms with van der Waals surface area (Å²) < 4.78 is 22.8. The first-order valence-electron chi connectivity index (χ1n) is 7.81. The maximum atomic E-state index is 12.1. The Morgan fingerprint density at radius 3 is 2.61 bits per heavy atom. The number of hydrogen-bond acceptors (Lipinski definition) is 6. The Hall–Kier alpha value is -1.90. The molecule has 2 N–H and O–H groups in total. The van der Waals surface area contributed by atoms with Crippen LogP contribution in [0.25, 0.3) is 0 Å². The number of rotatable bonds is 3. The third kappa shape index (κ3) is 4.31. The Balaban J connectivity index is 1.50. The monoisotopic (exact) mass is 339 g/mol. The number of amides is 2. The number of aromatic nitrogens is 2. The molecule has 0 spiro atoms. The fraction of sp³-hybridized carbons (Fsp3) is 0.643. The Bertz CT molecular complexity index is 652. The van der Waals surface area contributed by atoms with Crippen LogP contribution in [-0.2, 0) is 9.84 Å². The minimum absolute atomic E-state index is 0.00515. The van der Waals surface area contributed by atoms with Crippen molar-refractivity contribution in [3.05, 3.63) is 18.5 Å². The van der Waals surface area contributed by atoms with E-state index in [1.165, 1.54) is 0 Å². The quantitative estimate of drug-likeness (QED) is 0.799. The second-order valence-electron chi connectivity index (χ2n) is 6.05. The summed E-state index contributed by atoms with van der Waals surface area (Å²) in [5.41, 5.74) is 0. The zero-order valence-corrected chi connectivity index (χ0v) is 13.6.